The van der Waals surface area contributed by atoms with Gasteiger partial charge in [-0.25, -0.2) is 0 Å². The quantitative estimate of drug-likeness (QED) is 0.503. The molecular formula is C21H30. The highest BCUT2D eigenvalue weighted by Gasteiger charge is 2.41. The molecule has 0 heterocycles. The minimum Gasteiger partial charge on any atom is -0.0908 e. The average Bonchev–Trinajstić information content (AvgIpc) is 2.41. The highest BCUT2D eigenvalue weighted by Crippen LogP contribution is 2.50. The van der Waals surface area contributed by atoms with Crippen LogP contribution in [0.15, 0.2) is 71.4 Å². The van der Waals surface area contributed by atoms with E-state index < -0.39 is 0 Å². The topological polar surface area (TPSA) is 0 Å². The van der Waals surface area contributed by atoms with Gasteiger partial charge in [-0.15, -0.1) is 0 Å². The Bertz CT molecular complexity index is 549. The normalized spacial score (nSPS) is 40.2. The molecule has 0 aromatic heterocycles. The Kier molecular flexibility index (Phi) is 5.78. The molecule has 0 aromatic rings. The molecule has 2 atom stereocenters. The van der Waals surface area contributed by atoms with Crippen molar-refractivity contribution in [3.05, 3.63) is 71.4 Å². The summed E-state index contributed by atoms with van der Waals surface area (Å²) >= 11 is 0. The zero-order valence-corrected chi connectivity index (χ0v) is 14.7. The number of allylic oxidation sites excluding steroid dienone is 12. The van der Waals surface area contributed by atoms with Gasteiger partial charge in [0.25, 0.3) is 0 Å². The van der Waals surface area contributed by atoms with E-state index in [2.05, 4.69) is 103 Å². The molecule has 0 nitrogen and oxygen atoms in total. The van der Waals surface area contributed by atoms with Crippen molar-refractivity contribution < 1.29 is 0 Å². The van der Waals surface area contributed by atoms with Crippen molar-refractivity contribution >= 4 is 0 Å². The highest BCUT2D eigenvalue weighted by molar-refractivity contribution is 5.41. The predicted octanol–water partition coefficient (Wildman–Crippen LogP) is 6.56. The van der Waals surface area contributed by atoms with E-state index in [1.807, 2.05) is 0 Å². The summed E-state index contributed by atoms with van der Waals surface area (Å²) in [6.07, 6.45) is 20.0. The summed E-state index contributed by atoms with van der Waals surface area (Å²) < 4.78 is 0. The van der Waals surface area contributed by atoms with Crippen molar-refractivity contribution in [2.75, 3.05) is 0 Å². The summed E-state index contributed by atoms with van der Waals surface area (Å²) in [5.74, 6) is 0. The molecule has 0 aromatic carbocycles. The number of hydrogen-bond acceptors (Lipinski definition) is 0. The van der Waals surface area contributed by atoms with Crippen molar-refractivity contribution in [3.63, 3.8) is 0 Å². The minimum atomic E-state index is -0.0563. The van der Waals surface area contributed by atoms with E-state index in [-0.39, 0.29) is 10.8 Å². The van der Waals surface area contributed by atoms with Crippen LogP contribution in [-0.2, 0) is 0 Å². The Hall–Kier alpha value is -1.56. The van der Waals surface area contributed by atoms with Gasteiger partial charge in [0, 0.05) is 10.8 Å². The first-order valence-corrected chi connectivity index (χ1v) is 7.80. The molecule has 0 bridgehead atoms. The van der Waals surface area contributed by atoms with Crippen LogP contribution in [0, 0.1) is 10.8 Å². The minimum absolute atomic E-state index is 0.0465. The lowest BCUT2D eigenvalue weighted by Gasteiger charge is -2.43. The van der Waals surface area contributed by atoms with Gasteiger partial charge in [-0.2, -0.15) is 0 Å². The average molecular weight is 282 g/mol. The van der Waals surface area contributed by atoms with E-state index in [0.717, 1.165) is 0 Å². The second-order valence-corrected chi connectivity index (χ2v) is 6.40. The summed E-state index contributed by atoms with van der Waals surface area (Å²) in [5.41, 5.74) is 3.94. The lowest BCUT2D eigenvalue weighted by atomic mass is 9.60. The van der Waals surface area contributed by atoms with Gasteiger partial charge in [-0.05, 0) is 34.6 Å². The Balaban J connectivity index is 3.74. The van der Waals surface area contributed by atoms with Crippen molar-refractivity contribution in [2.24, 2.45) is 10.8 Å². The van der Waals surface area contributed by atoms with Gasteiger partial charge in [0.05, 0.1) is 0 Å². The van der Waals surface area contributed by atoms with Gasteiger partial charge in [0.1, 0.15) is 0 Å². The fourth-order valence-corrected chi connectivity index (χ4v) is 3.22. The van der Waals surface area contributed by atoms with E-state index in [1.54, 1.807) is 0 Å². The fraction of sp³-hybridized carbons (Fsp3) is 0.429. The molecule has 1 unspecified atom stereocenters. The molecular weight excluding hydrogens is 252 g/mol. The molecule has 1 rings (SSSR count). The van der Waals surface area contributed by atoms with E-state index in [1.165, 1.54) is 16.7 Å². The van der Waals surface area contributed by atoms with Gasteiger partial charge >= 0.3 is 0 Å². The molecule has 0 fully saturated rings. The zero-order valence-electron chi connectivity index (χ0n) is 14.7. The molecule has 114 valence electrons. The Morgan fingerprint density at radius 1 is 0.857 bits per heavy atom. The molecule has 0 saturated heterocycles. The number of hydrogen-bond donors (Lipinski definition) is 0. The third kappa shape index (κ3) is 3.56. The van der Waals surface area contributed by atoms with Crippen molar-refractivity contribution in [3.8, 4) is 0 Å². The first-order chi connectivity index (χ1) is 9.80. The third-order valence-corrected chi connectivity index (χ3v) is 4.85. The second kappa shape index (κ2) is 6.93. The fourth-order valence-electron chi connectivity index (χ4n) is 3.22. The molecule has 0 amide bonds. The van der Waals surface area contributed by atoms with Gasteiger partial charge in [0.15, 0.2) is 0 Å². The molecule has 0 saturated carbocycles. The summed E-state index contributed by atoms with van der Waals surface area (Å²) in [4.78, 5) is 0. The lowest BCUT2D eigenvalue weighted by molar-refractivity contribution is 0.292. The van der Waals surface area contributed by atoms with Crippen molar-refractivity contribution in [2.45, 2.75) is 48.5 Å². The van der Waals surface area contributed by atoms with E-state index in [4.69, 9.17) is 0 Å². The van der Waals surface area contributed by atoms with Crippen LogP contribution in [0.1, 0.15) is 48.5 Å². The molecule has 21 heavy (non-hydrogen) atoms. The highest BCUT2D eigenvalue weighted by atomic mass is 14.4. The van der Waals surface area contributed by atoms with E-state index in [9.17, 15) is 0 Å². The van der Waals surface area contributed by atoms with E-state index >= 15 is 0 Å². The molecule has 1 aliphatic rings. The number of rotatable bonds is 2. The maximum atomic E-state index is 2.39. The smallest absolute Gasteiger partial charge is 0.0189 e. The molecule has 0 N–H and O–H groups in total. The van der Waals surface area contributed by atoms with Gasteiger partial charge in [-0.1, -0.05) is 85.3 Å². The standard InChI is InChI=1S/C21H30/c1-8-14-20(6)16-17(3)12-10-11-13-18(4)19(5)21(20,7)15-9-2/h8-16H,1-7H3/b12-10-,13-11-,14-8-,15-9-,17-16+,19-18+/t20?,21-/m1/s1. The SMILES string of the molecule is C/C=C\C1(C)/C=C(C)/C=C\C=C/C(C)=C(\C)[C@@]1(C)/C=C\C. The summed E-state index contributed by atoms with van der Waals surface area (Å²) in [5, 5.41) is 0. The Labute approximate surface area is 131 Å². The predicted molar refractivity (Wildman–Crippen MR) is 96.3 cm³/mol. The largest absolute Gasteiger partial charge is 0.0908 e. The first-order valence-electron chi connectivity index (χ1n) is 7.80. The van der Waals surface area contributed by atoms with Crippen molar-refractivity contribution in [1.82, 2.24) is 0 Å². The molecule has 0 radical (unpaired) electrons. The van der Waals surface area contributed by atoms with Crippen LogP contribution in [0.5, 0.6) is 0 Å². The summed E-state index contributed by atoms with van der Waals surface area (Å²) in [6, 6.07) is 0. The Morgan fingerprint density at radius 2 is 1.43 bits per heavy atom. The van der Waals surface area contributed by atoms with Gasteiger partial charge < -0.3 is 0 Å². The monoisotopic (exact) mass is 282 g/mol. The van der Waals surface area contributed by atoms with Gasteiger partial charge in [0.2, 0.25) is 0 Å². The van der Waals surface area contributed by atoms with Crippen LogP contribution in [0.25, 0.3) is 0 Å². The summed E-state index contributed by atoms with van der Waals surface area (Å²) in [7, 11) is 0. The molecule has 0 aliphatic heterocycles. The van der Waals surface area contributed by atoms with Crippen LogP contribution < -0.4 is 0 Å². The van der Waals surface area contributed by atoms with Crippen LogP contribution in [0.2, 0.25) is 0 Å². The first kappa shape index (κ1) is 17.5. The molecule has 1 aliphatic carbocycles. The van der Waals surface area contributed by atoms with Crippen molar-refractivity contribution in [1.29, 1.82) is 0 Å². The molecule has 0 heteroatoms. The lowest BCUT2D eigenvalue weighted by Crippen LogP contribution is -2.35. The van der Waals surface area contributed by atoms with E-state index in [0.29, 0.717) is 0 Å². The van der Waals surface area contributed by atoms with Crippen LogP contribution >= 0.6 is 0 Å². The van der Waals surface area contributed by atoms with Crippen LogP contribution in [0.3, 0.4) is 0 Å². The van der Waals surface area contributed by atoms with Crippen LogP contribution in [0.4, 0.5) is 0 Å². The van der Waals surface area contributed by atoms with Crippen LogP contribution in [-0.4, -0.2) is 0 Å². The Morgan fingerprint density at radius 3 is 2.00 bits per heavy atom. The maximum absolute atomic E-state index is 2.39. The third-order valence-electron chi connectivity index (χ3n) is 4.85. The second-order valence-electron chi connectivity index (χ2n) is 6.40. The maximum Gasteiger partial charge on any atom is 0.0189 e. The molecule has 0 spiro atoms. The summed E-state index contributed by atoms with van der Waals surface area (Å²) in [6.45, 7) is 15.5. The van der Waals surface area contributed by atoms with Gasteiger partial charge in [-0.3, -0.25) is 0 Å². The zero-order chi connectivity index (χ0) is 16.1.